The number of ether oxygens (including phenoxy) is 1. The standard InChI is InChI=1S/C17H21BrO2/c1-16(2,3)20-15(19)9-12-10-17(12)7-6-11-8-13(18)4-5-14(11)17/h4-5,8,12H,6-7,9-10H2,1-3H3. The summed E-state index contributed by atoms with van der Waals surface area (Å²) in [6, 6.07) is 6.59. The molecule has 0 aliphatic heterocycles. The Morgan fingerprint density at radius 2 is 2.20 bits per heavy atom. The third-order valence-corrected chi connectivity index (χ3v) is 5.00. The summed E-state index contributed by atoms with van der Waals surface area (Å²) in [5.41, 5.74) is 2.81. The zero-order valence-electron chi connectivity index (χ0n) is 12.3. The molecule has 2 atom stereocenters. The molecule has 3 heteroatoms. The lowest BCUT2D eigenvalue weighted by Gasteiger charge is -2.20. The topological polar surface area (TPSA) is 26.3 Å². The van der Waals surface area contributed by atoms with Gasteiger partial charge in [0.2, 0.25) is 0 Å². The van der Waals surface area contributed by atoms with Gasteiger partial charge in [-0.1, -0.05) is 22.0 Å². The average Bonchev–Trinajstić information content (AvgIpc) is 2.84. The van der Waals surface area contributed by atoms with Crippen LogP contribution < -0.4 is 0 Å². The van der Waals surface area contributed by atoms with E-state index in [1.807, 2.05) is 20.8 Å². The largest absolute Gasteiger partial charge is 0.460 e. The highest BCUT2D eigenvalue weighted by molar-refractivity contribution is 9.10. The van der Waals surface area contributed by atoms with E-state index >= 15 is 0 Å². The summed E-state index contributed by atoms with van der Waals surface area (Å²) in [5, 5.41) is 0. The highest BCUT2D eigenvalue weighted by atomic mass is 79.9. The molecule has 0 bridgehead atoms. The summed E-state index contributed by atoms with van der Waals surface area (Å²) in [7, 11) is 0. The Kier molecular flexibility index (Phi) is 3.24. The zero-order chi connectivity index (χ0) is 14.5. The Morgan fingerprint density at radius 1 is 1.45 bits per heavy atom. The average molecular weight is 337 g/mol. The lowest BCUT2D eigenvalue weighted by Crippen LogP contribution is -2.24. The molecule has 1 spiro atoms. The van der Waals surface area contributed by atoms with Crippen molar-refractivity contribution >= 4 is 21.9 Å². The molecule has 1 saturated carbocycles. The third kappa shape index (κ3) is 2.52. The van der Waals surface area contributed by atoms with Crippen molar-refractivity contribution in [3.8, 4) is 0 Å². The molecule has 1 aromatic carbocycles. The van der Waals surface area contributed by atoms with Crippen LogP contribution in [0.2, 0.25) is 0 Å². The normalized spacial score (nSPS) is 27.5. The number of fused-ring (bicyclic) bond motifs is 2. The Hall–Kier alpha value is -0.830. The van der Waals surface area contributed by atoms with Crippen LogP contribution in [0.5, 0.6) is 0 Å². The molecular formula is C17H21BrO2. The molecule has 0 saturated heterocycles. The van der Waals surface area contributed by atoms with Gasteiger partial charge >= 0.3 is 5.97 Å². The number of halogens is 1. The molecule has 2 aliphatic rings. The summed E-state index contributed by atoms with van der Waals surface area (Å²) < 4.78 is 6.60. The van der Waals surface area contributed by atoms with Crippen LogP contribution in [-0.2, 0) is 21.4 Å². The van der Waals surface area contributed by atoms with E-state index < -0.39 is 0 Å². The Bertz CT molecular complexity index is 559. The van der Waals surface area contributed by atoms with Gasteiger partial charge in [0.25, 0.3) is 0 Å². The Labute approximate surface area is 129 Å². The van der Waals surface area contributed by atoms with Gasteiger partial charge in [0.1, 0.15) is 5.60 Å². The number of hydrogen-bond acceptors (Lipinski definition) is 2. The van der Waals surface area contributed by atoms with E-state index in [0.29, 0.717) is 12.3 Å². The van der Waals surface area contributed by atoms with Gasteiger partial charge in [-0.2, -0.15) is 0 Å². The highest BCUT2D eigenvalue weighted by Gasteiger charge is 2.58. The van der Waals surface area contributed by atoms with E-state index in [9.17, 15) is 4.79 Å². The first-order valence-corrected chi connectivity index (χ1v) is 8.10. The van der Waals surface area contributed by atoms with Crippen molar-refractivity contribution in [1.29, 1.82) is 0 Å². The predicted molar refractivity (Wildman–Crippen MR) is 82.7 cm³/mol. The summed E-state index contributed by atoms with van der Waals surface area (Å²) >= 11 is 3.54. The molecule has 3 rings (SSSR count). The van der Waals surface area contributed by atoms with Crippen molar-refractivity contribution in [2.45, 2.75) is 57.5 Å². The molecule has 0 aromatic heterocycles. The van der Waals surface area contributed by atoms with E-state index in [2.05, 4.69) is 34.1 Å². The fourth-order valence-corrected chi connectivity index (χ4v) is 4.02. The van der Waals surface area contributed by atoms with Gasteiger partial charge in [-0.3, -0.25) is 4.79 Å². The van der Waals surface area contributed by atoms with E-state index in [1.165, 1.54) is 17.5 Å². The maximum absolute atomic E-state index is 12.0. The molecule has 2 unspecified atom stereocenters. The van der Waals surface area contributed by atoms with Crippen molar-refractivity contribution < 1.29 is 9.53 Å². The van der Waals surface area contributed by atoms with Crippen LogP contribution in [0, 0.1) is 5.92 Å². The molecule has 1 fully saturated rings. The summed E-state index contributed by atoms with van der Waals surface area (Å²) in [6.07, 6.45) is 4.03. The summed E-state index contributed by atoms with van der Waals surface area (Å²) in [4.78, 5) is 12.0. The van der Waals surface area contributed by atoms with Crippen molar-refractivity contribution in [2.24, 2.45) is 5.92 Å². The summed E-state index contributed by atoms with van der Waals surface area (Å²) in [5.74, 6) is 0.421. The number of hydrogen-bond donors (Lipinski definition) is 0. The molecule has 2 nitrogen and oxygen atoms in total. The second kappa shape index (κ2) is 4.59. The monoisotopic (exact) mass is 336 g/mol. The minimum atomic E-state index is -0.377. The Morgan fingerprint density at radius 3 is 2.90 bits per heavy atom. The van der Waals surface area contributed by atoms with E-state index in [1.54, 1.807) is 0 Å². The number of benzene rings is 1. The van der Waals surface area contributed by atoms with Gasteiger partial charge in [0.15, 0.2) is 0 Å². The van der Waals surface area contributed by atoms with Crippen LogP contribution in [0.3, 0.4) is 0 Å². The first kappa shape index (κ1) is 14.1. The van der Waals surface area contributed by atoms with Gasteiger partial charge in [-0.05, 0) is 74.6 Å². The minimum Gasteiger partial charge on any atom is -0.460 e. The lowest BCUT2D eigenvalue weighted by atomic mass is 9.94. The van der Waals surface area contributed by atoms with Crippen molar-refractivity contribution in [2.75, 3.05) is 0 Å². The molecule has 1 aromatic rings. The molecule has 2 aliphatic carbocycles. The highest BCUT2D eigenvalue weighted by Crippen LogP contribution is 2.63. The maximum atomic E-state index is 12.0. The van der Waals surface area contributed by atoms with Crippen LogP contribution in [0.4, 0.5) is 0 Å². The fourth-order valence-electron chi connectivity index (χ4n) is 3.62. The van der Waals surface area contributed by atoms with Crippen LogP contribution in [0.25, 0.3) is 0 Å². The number of rotatable bonds is 2. The molecule has 0 amide bonds. The van der Waals surface area contributed by atoms with E-state index in [4.69, 9.17) is 4.74 Å². The SMILES string of the molecule is CC(C)(C)OC(=O)CC1CC12CCc1cc(Br)ccc12. The van der Waals surface area contributed by atoms with Gasteiger partial charge < -0.3 is 4.74 Å². The van der Waals surface area contributed by atoms with E-state index in [0.717, 1.165) is 17.3 Å². The Balaban J connectivity index is 1.70. The lowest BCUT2D eigenvalue weighted by molar-refractivity contribution is -0.155. The number of esters is 1. The molecule has 20 heavy (non-hydrogen) atoms. The number of aryl methyl sites for hydroxylation is 1. The van der Waals surface area contributed by atoms with Gasteiger partial charge in [0.05, 0.1) is 0 Å². The van der Waals surface area contributed by atoms with Crippen molar-refractivity contribution in [1.82, 2.24) is 0 Å². The van der Waals surface area contributed by atoms with Crippen LogP contribution in [0.15, 0.2) is 22.7 Å². The quantitative estimate of drug-likeness (QED) is 0.749. The van der Waals surface area contributed by atoms with Crippen LogP contribution >= 0.6 is 15.9 Å². The van der Waals surface area contributed by atoms with Gasteiger partial charge in [-0.25, -0.2) is 0 Å². The number of carbonyl (C=O) groups is 1. The molecule has 0 heterocycles. The molecule has 0 N–H and O–H groups in total. The van der Waals surface area contributed by atoms with Gasteiger partial charge in [-0.15, -0.1) is 0 Å². The van der Waals surface area contributed by atoms with Gasteiger partial charge in [0, 0.05) is 10.9 Å². The van der Waals surface area contributed by atoms with Crippen molar-refractivity contribution in [3.63, 3.8) is 0 Å². The van der Waals surface area contributed by atoms with E-state index in [-0.39, 0.29) is 17.0 Å². The maximum Gasteiger partial charge on any atom is 0.306 e. The molecular weight excluding hydrogens is 316 g/mol. The first-order valence-electron chi connectivity index (χ1n) is 7.31. The first-order chi connectivity index (χ1) is 9.30. The van der Waals surface area contributed by atoms with Crippen molar-refractivity contribution in [3.05, 3.63) is 33.8 Å². The molecule has 0 radical (unpaired) electrons. The number of carbonyl (C=O) groups excluding carboxylic acids is 1. The third-order valence-electron chi connectivity index (χ3n) is 4.51. The second-order valence-electron chi connectivity index (χ2n) is 7.15. The molecule has 108 valence electrons. The predicted octanol–water partition coefficient (Wildman–Crippen LogP) is 4.38. The summed E-state index contributed by atoms with van der Waals surface area (Å²) in [6.45, 7) is 5.78. The minimum absolute atomic E-state index is 0.0510. The van der Waals surface area contributed by atoms with Crippen LogP contribution in [-0.4, -0.2) is 11.6 Å². The zero-order valence-corrected chi connectivity index (χ0v) is 13.9. The smallest absolute Gasteiger partial charge is 0.306 e. The van der Waals surface area contributed by atoms with Crippen LogP contribution in [0.1, 0.15) is 51.2 Å². The second-order valence-corrected chi connectivity index (χ2v) is 8.06. The fraction of sp³-hybridized carbons (Fsp3) is 0.588.